The SMILES string of the molecule is CCC(=CC=C(C)C(C)C(C)N1CC1)OCCC(F)(F)F. The Labute approximate surface area is 125 Å². The van der Waals surface area contributed by atoms with Crippen LogP contribution in [0.3, 0.4) is 0 Å². The van der Waals surface area contributed by atoms with Gasteiger partial charge in [0, 0.05) is 25.6 Å². The Bertz CT molecular complexity index is 383. The molecule has 1 heterocycles. The summed E-state index contributed by atoms with van der Waals surface area (Å²) in [5, 5.41) is 0. The average molecular weight is 305 g/mol. The molecule has 2 unspecified atom stereocenters. The van der Waals surface area contributed by atoms with Gasteiger partial charge in [-0.05, 0) is 25.8 Å². The summed E-state index contributed by atoms with van der Waals surface area (Å²) in [4.78, 5) is 2.40. The molecule has 0 radical (unpaired) electrons. The van der Waals surface area contributed by atoms with Gasteiger partial charge < -0.3 is 4.74 Å². The van der Waals surface area contributed by atoms with Crippen LogP contribution in [0.1, 0.15) is 40.5 Å². The molecule has 0 bridgehead atoms. The number of ether oxygens (including phenoxy) is 1. The zero-order chi connectivity index (χ0) is 16.0. The van der Waals surface area contributed by atoms with Crippen LogP contribution in [-0.4, -0.2) is 36.8 Å². The van der Waals surface area contributed by atoms with Crippen molar-refractivity contribution in [3.8, 4) is 0 Å². The normalized spacial score (nSPS) is 20.3. The van der Waals surface area contributed by atoms with Gasteiger partial charge >= 0.3 is 6.18 Å². The minimum Gasteiger partial charge on any atom is -0.498 e. The van der Waals surface area contributed by atoms with E-state index in [0.717, 1.165) is 13.1 Å². The second-order valence-electron chi connectivity index (χ2n) is 5.68. The molecule has 1 aliphatic heterocycles. The molecular weight excluding hydrogens is 279 g/mol. The van der Waals surface area contributed by atoms with Crippen LogP contribution in [0.2, 0.25) is 0 Å². The van der Waals surface area contributed by atoms with Crippen molar-refractivity contribution in [3.05, 3.63) is 23.5 Å². The Hall–Kier alpha value is -0.970. The minimum absolute atomic E-state index is 0.310. The smallest absolute Gasteiger partial charge is 0.392 e. The molecule has 0 aliphatic carbocycles. The Morgan fingerprint density at radius 2 is 1.86 bits per heavy atom. The summed E-state index contributed by atoms with van der Waals surface area (Å²) in [6.45, 7) is 10.3. The molecule has 2 atom stereocenters. The van der Waals surface area contributed by atoms with E-state index in [-0.39, 0.29) is 6.61 Å². The van der Waals surface area contributed by atoms with Crippen molar-refractivity contribution < 1.29 is 17.9 Å². The van der Waals surface area contributed by atoms with Crippen molar-refractivity contribution in [3.63, 3.8) is 0 Å². The Morgan fingerprint density at radius 3 is 2.33 bits per heavy atom. The molecule has 2 nitrogen and oxygen atoms in total. The van der Waals surface area contributed by atoms with Crippen LogP contribution in [0.5, 0.6) is 0 Å². The summed E-state index contributed by atoms with van der Waals surface area (Å²) in [5.74, 6) is 1.03. The lowest BCUT2D eigenvalue weighted by Gasteiger charge is -2.21. The quantitative estimate of drug-likeness (QED) is 0.371. The number of nitrogens with zero attached hydrogens (tertiary/aromatic N) is 1. The Kier molecular flexibility index (Phi) is 6.78. The molecule has 1 saturated heterocycles. The second-order valence-corrected chi connectivity index (χ2v) is 5.68. The van der Waals surface area contributed by atoms with Crippen molar-refractivity contribution in [2.45, 2.75) is 52.8 Å². The molecule has 1 aliphatic rings. The van der Waals surface area contributed by atoms with E-state index in [1.54, 1.807) is 6.08 Å². The van der Waals surface area contributed by atoms with Crippen molar-refractivity contribution in [2.75, 3.05) is 19.7 Å². The third-order valence-electron chi connectivity index (χ3n) is 4.05. The molecule has 0 aromatic rings. The lowest BCUT2D eigenvalue weighted by molar-refractivity contribution is -0.142. The van der Waals surface area contributed by atoms with E-state index in [9.17, 15) is 13.2 Å². The fourth-order valence-electron chi connectivity index (χ4n) is 2.10. The number of rotatable bonds is 8. The van der Waals surface area contributed by atoms with Crippen molar-refractivity contribution in [1.82, 2.24) is 4.90 Å². The van der Waals surface area contributed by atoms with E-state index in [1.165, 1.54) is 5.57 Å². The first-order valence-corrected chi connectivity index (χ1v) is 7.55. The molecule has 1 fully saturated rings. The summed E-state index contributed by atoms with van der Waals surface area (Å²) in [6.07, 6.45) is -0.700. The minimum atomic E-state index is -4.16. The number of allylic oxidation sites excluding steroid dienone is 3. The lowest BCUT2D eigenvalue weighted by Crippen LogP contribution is -2.23. The van der Waals surface area contributed by atoms with Gasteiger partial charge in [-0.1, -0.05) is 25.5 Å². The molecule has 21 heavy (non-hydrogen) atoms. The van der Waals surface area contributed by atoms with Crippen LogP contribution in [-0.2, 0) is 4.74 Å². The number of hydrogen-bond donors (Lipinski definition) is 0. The highest BCUT2D eigenvalue weighted by Crippen LogP contribution is 2.24. The van der Waals surface area contributed by atoms with Gasteiger partial charge in [0.1, 0.15) is 0 Å². The number of halogens is 3. The van der Waals surface area contributed by atoms with E-state index in [0.29, 0.717) is 24.1 Å². The average Bonchev–Trinajstić information content (AvgIpc) is 3.23. The lowest BCUT2D eigenvalue weighted by atomic mass is 9.95. The summed E-state index contributed by atoms with van der Waals surface area (Å²) >= 11 is 0. The van der Waals surface area contributed by atoms with Gasteiger partial charge in [0.25, 0.3) is 0 Å². The maximum Gasteiger partial charge on any atom is 0.392 e. The molecule has 1 rings (SSSR count). The highest BCUT2D eigenvalue weighted by atomic mass is 19.4. The topological polar surface area (TPSA) is 12.2 Å². The van der Waals surface area contributed by atoms with Crippen LogP contribution in [0.4, 0.5) is 13.2 Å². The van der Waals surface area contributed by atoms with Gasteiger partial charge in [-0.2, -0.15) is 13.2 Å². The standard InChI is InChI=1S/C16H26F3NO/c1-5-15(21-11-8-16(17,18)19)7-6-12(2)13(3)14(4)20-9-10-20/h6-7,13-14H,5,8-11H2,1-4H3. The second kappa shape index (κ2) is 7.87. The van der Waals surface area contributed by atoms with Crippen LogP contribution in [0.15, 0.2) is 23.5 Å². The molecule has 0 spiro atoms. The zero-order valence-electron chi connectivity index (χ0n) is 13.3. The summed E-state index contributed by atoms with van der Waals surface area (Å²) in [5.41, 5.74) is 1.22. The molecule has 5 heteroatoms. The fourth-order valence-corrected chi connectivity index (χ4v) is 2.10. The summed E-state index contributed by atoms with van der Waals surface area (Å²) < 4.78 is 41.5. The fraction of sp³-hybridized carbons (Fsp3) is 0.750. The van der Waals surface area contributed by atoms with Crippen molar-refractivity contribution >= 4 is 0 Å². The molecule has 0 aromatic heterocycles. The summed E-state index contributed by atoms with van der Waals surface area (Å²) in [7, 11) is 0. The maximum absolute atomic E-state index is 12.1. The molecule has 0 amide bonds. The van der Waals surface area contributed by atoms with Crippen LogP contribution < -0.4 is 0 Å². The summed E-state index contributed by atoms with van der Waals surface area (Å²) in [6, 6.07) is 0.505. The molecular formula is C16H26F3NO. The first-order chi connectivity index (χ1) is 9.74. The van der Waals surface area contributed by atoms with E-state index >= 15 is 0 Å². The number of hydrogen-bond acceptors (Lipinski definition) is 2. The van der Waals surface area contributed by atoms with E-state index < -0.39 is 12.6 Å². The molecule has 0 N–H and O–H groups in total. The predicted molar refractivity (Wildman–Crippen MR) is 79.0 cm³/mol. The predicted octanol–water partition coefficient (Wildman–Crippen LogP) is 4.54. The van der Waals surface area contributed by atoms with E-state index in [2.05, 4.69) is 25.7 Å². The van der Waals surface area contributed by atoms with Gasteiger partial charge in [-0.15, -0.1) is 0 Å². The van der Waals surface area contributed by atoms with Gasteiger partial charge in [0.05, 0.1) is 18.8 Å². The highest BCUT2D eigenvalue weighted by Gasteiger charge is 2.28. The van der Waals surface area contributed by atoms with E-state index in [1.807, 2.05) is 13.0 Å². The van der Waals surface area contributed by atoms with E-state index in [4.69, 9.17) is 4.74 Å². The van der Waals surface area contributed by atoms with Crippen LogP contribution >= 0.6 is 0 Å². The van der Waals surface area contributed by atoms with Gasteiger partial charge in [-0.3, -0.25) is 4.90 Å². The third kappa shape index (κ3) is 7.02. The molecule has 0 saturated carbocycles. The third-order valence-corrected chi connectivity index (χ3v) is 4.05. The highest BCUT2D eigenvalue weighted by molar-refractivity contribution is 5.17. The number of alkyl halides is 3. The molecule has 122 valence electrons. The Balaban J connectivity index is 2.50. The van der Waals surface area contributed by atoms with Crippen molar-refractivity contribution in [2.24, 2.45) is 5.92 Å². The van der Waals surface area contributed by atoms with Crippen molar-refractivity contribution in [1.29, 1.82) is 0 Å². The van der Waals surface area contributed by atoms with Gasteiger partial charge in [-0.25, -0.2) is 0 Å². The first-order valence-electron chi connectivity index (χ1n) is 7.55. The largest absolute Gasteiger partial charge is 0.498 e. The van der Waals surface area contributed by atoms with Crippen LogP contribution in [0.25, 0.3) is 0 Å². The monoisotopic (exact) mass is 305 g/mol. The Morgan fingerprint density at radius 1 is 1.24 bits per heavy atom. The van der Waals surface area contributed by atoms with Gasteiger partial charge in [0.15, 0.2) is 0 Å². The van der Waals surface area contributed by atoms with Gasteiger partial charge in [0.2, 0.25) is 0 Å². The maximum atomic E-state index is 12.1. The zero-order valence-corrected chi connectivity index (χ0v) is 13.3. The molecule has 0 aromatic carbocycles. The van der Waals surface area contributed by atoms with Crippen LogP contribution in [0, 0.1) is 5.92 Å². The first kappa shape index (κ1) is 18.1.